The first-order chi connectivity index (χ1) is 5.83. The summed E-state index contributed by atoms with van der Waals surface area (Å²) in [5.74, 6) is 0.866. The zero-order valence-corrected chi connectivity index (χ0v) is 8.67. The number of hydrogen-bond acceptors (Lipinski definition) is 1. The van der Waals surface area contributed by atoms with Crippen molar-refractivity contribution in [3.63, 3.8) is 0 Å². The van der Waals surface area contributed by atoms with E-state index >= 15 is 0 Å². The maximum Gasteiger partial charge on any atom is 0.0431 e. The molecule has 0 amide bonds. The van der Waals surface area contributed by atoms with Gasteiger partial charge in [0.05, 0.1) is 0 Å². The fraction of sp³-hybridized carbons (Fsp3) is 0.778. The molecule has 0 bridgehead atoms. The van der Waals surface area contributed by atoms with Crippen LogP contribution in [0.1, 0.15) is 25.7 Å². The first kappa shape index (κ1) is 10.4. The van der Waals surface area contributed by atoms with E-state index in [0.29, 0.717) is 11.6 Å². The zero-order valence-electron chi connectivity index (χ0n) is 7.15. The van der Waals surface area contributed by atoms with E-state index in [9.17, 15) is 0 Å². The molecule has 1 rings (SSSR count). The molecule has 0 aliphatic heterocycles. The standard InChI is InChI=1S/C9H15Cl2N/c10-5-9(11)7-12-6-8-3-1-2-4-8/h5,8,12H,1-4,6-7H2. The van der Waals surface area contributed by atoms with Crippen LogP contribution in [0.25, 0.3) is 0 Å². The summed E-state index contributed by atoms with van der Waals surface area (Å²) in [5.41, 5.74) is 1.42. The Labute approximate surface area is 84.1 Å². The van der Waals surface area contributed by atoms with Crippen molar-refractivity contribution in [2.45, 2.75) is 25.7 Å². The summed E-state index contributed by atoms with van der Waals surface area (Å²) in [6.45, 7) is 1.79. The third-order valence-corrected chi connectivity index (χ3v) is 2.94. The van der Waals surface area contributed by atoms with Crippen molar-refractivity contribution in [2.24, 2.45) is 5.92 Å². The molecule has 0 saturated heterocycles. The van der Waals surface area contributed by atoms with Gasteiger partial charge in [-0.2, -0.15) is 0 Å². The van der Waals surface area contributed by atoms with Gasteiger partial charge in [-0.05, 0) is 25.3 Å². The van der Waals surface area contributed by atoms with Gasteiger partial charge in [-0.3, -0.25) is 0 Å². The molecule has 1 aliphatic rings. The van der Waals surface area contributed by atoms with Crippen LogP contribution in [0.15, 0.2) is 10.6 Å². The lowest BCUT2D eigenvalue weighted by molar-refractivity contribution is 0.504. The minimum atomic E-state index is 0.690. The molecule has 0 aromatic carbocycles. The minimum Gasteiger partial charge on any atom is -0.311 e. The molecule has 1 N–H and O–H groups in total. The van der Waals surface area contributed by atoms with Gasteiger partial charge in [-0.25, -0.2) is 0 Å². The van der Waals surface area contributed by atoms with Crippen molar-refractivity contribution < 1.29 is 0 Å². The molecule has 0 aromatic rings. The predicted molar refractivity (Wildman–Crippen MR) is 54.6 cm³/mol. The highest BCUT2D eigenvalue weighted by Crippen LogP contribution is 2.23. The third kappa shape index (κ3) is 3.79. The van der Waals surface area contributed by atoms with Gasteiger partial charge in [0.2, 0.25) is 0 Å². The van der Waals surface area contributed by atoms with Crippen molar-refractivity contribution in [3.8, 4) is 0 Å². The van der Waals surface area contributed by atoms with Gasteiger partial charge < -0.3 is 5.32 Å². The summed E-state index contributed by atoms with van der Waals surface area (Å²) >= 11 is 11.1. The van der Waals surface area contributed by atoms with Gasteiger partial charge in [0, 0.05) is 17.1 Å². The molecule has 1 saturated carbocycles. The molecule has 12 heavy (non-hydrogen) atoms. The van der Waals surface area contributed by atoms with E-state index in [2.05, 4.69) is 5.32 Å². The van der Waals surface area contributed by atoms with Gasteiger partial charge in [0.15, 0.2) is 0 Å². The van der Waals surface area contributed by atoms with E-state index < -0.39 is 0 Å². The second kappa shape index (κ2) is 5.85. The minimum absolute atomic E-state index is 0.690. The second-order valence-corrected chi connectivity index (χ2v) is 4.04. The number of rotatable bonds is 4. The summed E-state index contributed by atoms with van der Waals surface area (Å²) in [4.78, 5) is 0. The number of nitrogens with one attached hydrogen (secondary N) is 1. The van der Waals surface area contributed by atoms with Crippen molar-refractivity contribution in [1.82, 2.24) is 5.32 Å². The van der Waals surface area contributed by atoms with Crippen molar-refractivity contribution >= 4 is 23.2 Å². The lowest BCUT2D eigenvalue weighted by Crippen LogP contribution is -2.22. The summed E-state index contributed by atoms with van der Waals surface area (Å²) in [6.07, 6.45) is 5.53. The first-order valence-corrected chi connectivity index (χ1v) is 5.30. The predicted octanol–water partition coefficient (Wildman–Crippen LogP) is 3.09. The molecule has 0 atom stereocenters. The van der Waals surface area contributed by atoms with Crippen LogP contribution in [0.5, 0.6) is 0 Å². The summed E-state index contributed by atoms with van der Waals surface area (Å²) in [6, 6.07) is 0. The maximum atomic E-state index is 5.72. The lowest BCUT2D eigenvalue weighted by atomic mass is 10.1. The lowest BCUT2D eigenvalue weighted by Gasteiger charge is -2.09. The van der Waals surface area contributed by atoms with Crippen LogP contribution in [0.2, 0.25) is 0 Å². The van der Waals surface area contributed by atoms with Crippen LogP contribution in [0.4, 0.5) is 0 Å². The fourth-order valence-corrected chi connectivity index (χ4v) is 1.82. The molecule has 1 aliphatic carbocycles. The molecule has 1 fully saturated rings. The Morgan fingerprint density at radius 3 is 2.67 bits per heavy atom. The van der Waals surface area contributed by atoms with Crippen molar-refractivity contribution in [3.05, 3.63) is 10.6 Å². The molecular weight excluding hydrogens is 193 g/mol. The molecule has 0 unspecified atom stereocenters. The molecule has 0 spiro atoms. The van der Waals surface area contributed by atoms with Gasteiger partial charge in [-0.1, -0.05) is 36.0 Å². The molecular formula is C9H15Cl2N. The van der Waals surface area contributed by atoms with Crippen molar-refractivity contribution in [2.75, 3.05) is 13.1 Å². The summed E-state index contributed by atoms with van der Waals surface area (Å²) in [7, 11) is 0. The molecule has 0 aromatic heterocycles. The van der Waals surface area contributed by atoms with Crippen LogP contribution in [0, 0.1) is 5.92 Å². The van der Waals surface area contributed by atoms with Crippen molar-refractivity contribution in [1.29, 1.82) is 0 Å². The Morgan fingerprint density at radius 1 is 1.42 bits per heavy atom. The molecule has 3 heteroatoms. The van der Waals surface area contributed by atoms with Gasteiger partial charge >= 0.3 is 0 Å². The average molecular weight is 208 g/mol. The quantitative estimate of drug-likeness (QED) is 0.748. The van der Waals surface area contributed by atoms with E-state index in [0.717, 1.165) is 12.5 Å². The topological polar surface area (TPSA) is 12.0 Å². The molecule has 0 radical (unpaired) electrons. The Hall–Kier alpha value is 0.280. The van der Waals surface area contributed by atoms with E-state index in [4.69, 9.17) is 23.2 Å². The van der Waals surface area contributed by atoms with Crippen LogP contribution >= 0.6 is 23.2 Å². The fourth-order valence-electron chi connectivity index (χ4n) is 1.65. The van der Waals surface area contributed by atoms with Crippen LogP contribution in [-0.2, 0) is 0 Å². The van der Waals surface area contributed by atoms with Crippen LogP contribution in [-0.4, -0.2) is 13.1 Å². The van der Waals surface area contributed by atoms with Crippen LogP contribution in [0.3, 0.4) is 0 Å². The normalized spacial score (nSPS) is 20.3. The molecule has 0 heterocycles. The third-order valence-electron chi connectivity index (χ3n) is 2.32. The Bertz CT molecular complexity index is 151. The first-order valence-electron chi connectivity index (χ1n) is 4.48. The number of hydrogen-bond donors (Lipinski definition) is 1. The van der Waals surface area contributed by atoms with E-state index in [1.54, 1.807) is 0 Å². The maximum absolute atomic E-state index is 5.72. The highest BCUT2D eigenvalue weighted by molar-refractivity contribution is 6.36. The van der Waals surface area contributed by atoms with Crippen LogP contribution < -0.4 is 5.32 Å². The van der Waals surface area contributed by atoms with Gasteiger partial charge in [0.1, 0.15) is 0 Å². The summed E-state index contributed by atoms with van der Waals surface area (Å²) < 4.78 is 0. The SMILES string of the molecule is ClC=C(Cl)CNCC1CCCC1. The van der Waals surface area contributed by atoms with Gasteiger partial charge in [-0.15, -0.1) is 0 Å². The molecule has 70 valence electrons. The zero-order chi connectivity index (χ0) is 8.81. The average Bonchev–Trinajstić information content (AvgIpc) is 2.57. The highest BCUT2D eigenvalue weighted by Gasteiger charge is 2.13. The van der Waals surface area contributed by atoms with Gasteiger partial charge in [0.25, 0.3) is 0 Å². The Balaban J connectivity index is 2.01. The summed E-state index contributed by atoms with van der Waals surface area (Å²) in [5, 5.41) is 3.98. The molecule has 1 nitrogen and oxygen atoms in total. The number of halogens is 2. The monoisotopic (exact) mass is 207 g/mol. The second-order valence-electron chi connectivity index (χ2n) is 3.34. The highest BCUT2D eigenvalue weighted by atomic mass is 35.5. The Morgan fingerprint density at radius 2 is 2.08 bits per heavy atom. The van der Waals surface area contributed by atoms with E-state index in [1.165, 1.54) is 31.2 Å². The largest absolute Gasteiger partial charge is 0.311 e. The smallest absolute Gasteiger partial charge is 0.0431 e. The Kier molecular flexibility index (Phi) is 5.05. The van der Waals surface area contributed by atoms with E-state index in [1.807, 2.05) is 0 Å². The van der Waals surface area contributed by atoms with E-state index in [-0.39, 0.29) is 0 Å².